The molecule has 2 aliphatic rings. The smallest absolute Gasteiger partial charge is 0.306 e. The summed E-state index contributed by atoms with van der Waals surface area (Å²) in [6.07, 6.45) is 7.06. The second kappa shape index (κ2) is 8.54. The van der Waals surface area contributed by atoms with Crippen LogP contribution < -0.4 is 5.73 Å². The minimum absolute atomic E-state index is 0.0789. The molecule has 33 heavy (non-hydrogen) atoms. The van der Waals surface area contributed by atoms with Crippen LogP contribution in [0.4, 0.5) is 0 Å². The fraction of sp³-hybridized carbons (Fsp3) is 0.556. The van der Waals surface area contributed by atoms with Gasteiger partial charge in [0.25, 0.3) is 5.91 Å². The number of hydrogen-bond acceptors (Lipinski definition) is 5. The third-order valence-corrected chi connectivity index (χ3v) is 7.24. The monoisotopic (exact) mass is 449 g/mol. The summed E-state index contributed by atoms with van der Waals surface area (Å²) in [5.41, 5.74) is 11.4. The molecule has 1 spiro atoms. The fourth-order valence-electron chi connectivity index (χ4n) is 5.68. The summed E-state index contributed by atoms with van der Waals surface area (Å²) >= 11 is 0. The first-order valence-corrected chi connectivity index (χ1v) is 12.0. The van der Waals surface area contributed by atoms with Crippen molar-refractivity contribution in [1.82, 2.24) is 9.97 Å². The minimum atomic E-state index is -0.551. The van der Waals surface area contributed by atoms with Crippen LogP contribution in [0.15, 0.2) is 18.2 Å². The lowest BCUT2D eigenvalue weighted by Gasteiger charge is -2.38. The van der Waals surface area contributed by atoms with Gasteiger partial charge in [-0.15, -0.1) is 0 Å². The van der Waals surface area contributed by atoms with Crippen LogP contribution in [-0.2, 0) is 21.4 Å². The lowest BCUT2D eigenvalue weighted by molar-refractivity contribution is -0.156. The van der Waals surface area contributed by atoms with E-state index in [1.165, 1.54) is 11.1 Å². The van der Waals surface area contributed by atoms with Crippen LogP contribution >= 0.6 is 0 Å². The van der Waals surface area contributed by atoms with Crippen molar-refractivity contribution in [3.05, 3.63) is 46.4 Å². The molecule has 1 heterocycles. The van der Waals surface area contributed by atoms with E-state index in [0.29, 0.717) is 18.0 Å². The molecule has 0 radical (unpaired) electrons. The first-order chi connectivity index (χ1) is 15.5. The molecular weight excluding hydrogens is 414 g/mol. The Morgan fingerprint density at radius 1 is 1.09 bits per heavy atom. The van der Waals surface area contributed by atoms with Crippen LogP contribution in [0.5, 0.6) is 0 Å². The van der Waals surface area contributed by atoms with Gasteiger partial charge in [-0.25, -0.2) is 4.98 Å². The molecule has 1 amide bonds. The number of rotatable bonds is 4. The molecule has 176 valence electrons. The summed E-state index contributed by atoms with van der Waals surface area (Å²) in [5.74, 6) is -0.221. The lowest BCUT2D eigenvalue weighted by atomic mass is 9.66. The van der Waals surface area contributed by atoms with Crippen molar-refractivity contribution in [1.29, 1.82) is 0 Å². The maximum absolute atomic E-state index is 12.3. The number of carbonyl (C=O) groups excluding carboxylic acids is 2. The van der Waals surface area contributed by atoms with Crippen LogP contribution in [0.25, 0.3) is 11.3 Å². The van der Waals surface area contributed by atoms with Crippen LogP contribution in [0.2, 0.25) is 0 Å². The highest BCUT2D eigenvalue weighted by Crippen LogP contribution is 2.51. The van der Waals surface area contributed by atoms with E-state index in [0.717, 1.165) is 55.5 Å². The first kappa shape index (κ1) is 23.4. The minimum Gasteiger partial charge on any atom is -0.460 e. The number of aryl methyl sites for hydroxylation is 3. The standard InChI is InChI=1S/C27H35N3O3/c1-16-23(30-24(25(28)32)17(2)29-16)20-6-7-21-19(15-20)10-13-27(21)11-8-18(9-12-27)14-22(31)33-26(3,4)5/h6-7,15,18H,8-14H2,1-5H3,(H2,28,32). The highest BCUT2D eigenvalue weighted by molar-refractivity contribution is 5.92. The van der Waals surface area contributed by atoms with E-state index in [9.17, 15) is 9.59 Å². The van der Waals surface area contributed by atoms with Gasteiger partial charge in [0.2, 0.25) is 0 Å². The Kier molecular flexibility index (Phi) is 6.06. The van der Waals surface area contributed by atoms with Crippen LogP contribution in [0.1, 0.15) is 92.3 Å². The molecule has 0 aliphatic heterocycles. The van der Waals surface area contributed by atoms with Crippen molar-refractivity contribution in [2.75, 3.05) is 0 Å². The fourth-order valence-corrected chi connectivity index (χ4v) is 5.68. The lowest BCUT2D eigenvalue weighted by Crippen LogP contribution is -2.31. The quantitative estimate of drug-likeness (QED) is 0.665. The average molecular weight is 450 g/mol. The second-order valence-corrected chi connectivity index (χ2v) is 10.8. The summed E-state index contributed by atoms with van der Waals surface area (Å²) in [4.78, 5) is 33.1. The summed E-state index contributed by atoms with van der Waals surface area (Å²) < 4.78 is 5.53. The van der Waals surface area contributed by atoms with Gasteiger partial charge in [-0.05, 0) is 102 Å². The first-order valence-electron chi connectivity index (χ1n) is 12.0. The molecule has 1 aromatic heterocycles. The highest BCUT2D eigenvalue weighted by atomic mass is 16.6. The summed E-state index contributed by atoms with van der Waals surface area (Å²) in [6, 6.07) is 6.57. The molecular formula is C27H35N3O3. The van der Waals surface area contributed by atoms with E-state index in [1.54, 1.807) is 6.92 Å². The number of aromatic nitrogens is 2. The van der Waals surface area contributed by atoms with Crippen molar-refractivity contribution < 1.29 is 14.3 Å². The third kappa shape index (κ3) is 4.80. The van der Waals surface area contributed by atoms with Gasteiger partial charge in [-0.3, -0.25) is 14.6 Å². The Morgan fingerprint density at radius 3 is 2.42 bits per heavy atom. The third-order valence-electron chi connectivity index (χ3n) is 7.24. The number of carbonyl (C=O) groups is 2. The van der Waals surface area contributed by atoms with Gasteiger partial charge in [-0.2, -0.15) is 0 Å². The van der Waals surface area contributed by atoms with E-state index in [-0.39, 0.29) is 17.1 Å². The Labute approximate surface area is 196 Å². The van der Waals surface area contributed by atoms with E-state index in [4.69, 9.17) is 10.5 Å². The van der Waals surface area contributed by atoms with Gasteiger partial charge in [0.15, 0.2) is 0 Å². The van der Waals surface area contributed by atoms with Crippen molar-refractivity contribution >= 4 is 11.9 Å². The van der Waals surface area contributed by atoms with E-state index >= 15 is 0 Å². The maximum Gasteiger partial charge on any atom is 0.306 e. The van der Waals surface area contributed by atoms with Crippen LogP contribution in [0.3, 0.4) is 0 Å². The molecule has 6 heteroatoms. The number of primary amides is 1. The zero-order chi connectivity index (χ0) is 24.0. The predicted octanol–water partition coefficient (Wildman–Crippen LogP) is 4.97. The summed E-state index contributed by atoms with van der Waals surface area (Å²) in [7, 11) is 0. The molecule has 0 unspecified atom stereocenters. The van der Waals surface area contributed by atoms with Crippen LogP contribution in [0, 0.1) is 19.8 Å². The molecule has 2 N–H and O–H groups in total. The molecule has 1 fully saturated rings. The van der Waals surface area contributed by atoms with Crippen molar-refractivity contribution in [2.45, 2.75) is 90.6 Å². The largest absolute Gasteiger partial charge is 0.460 e. The highest BCUT2D eigenvalue weighted by Gasteiger charge is 2.42. The molecule has 2 aliphatic carbocycles. The number of ether oxygens (including phenoxy) is 1. The Balaban J connectivity index is 1.51. The number of benzene rings is 1. The summed E-state index contributed by atoms with van der Waals surface area (Å²) in [5, 5.41) is 0. The number of esters is 1. The number of hydrogen-bond donors (Lipinski definition) is 1. The number of fused-ring (bicyclic) bond motifs is 2. The molecule has 4 rings (SSSR count). The average Bonchev–Trinajstić information content (AvgIpc) is 3.06. The number of amides is 1. The zero-order valence-corrected chi connectivity index (χ0v) is 20.5. The molecule has 6 nitrogen and oxygen atoms in total. The molecule has 1 aromatic carbocycles. The zero-order valence-electron chi connectivity index (χ0n) is 20.5. The molecule has 0 atom stereocenters. The van der Waals surface area contributed by atoms with E-state index in [1.807, 2.05) is 27.7 Å². The van der Waals surface area contributed by atoms with E-state index < -0.39 is 11.5 Å². The topological polar surface area (TPSA) is 95.2 Å². The van der Waals surface area contributed by atoms with Crippen molar-refractivity contribution in [3.63, 3.8) is 0 Å². The predicted molar refractivity (Wildman–Crippen MR) is 128 cm³/mol. The molecule has 0 bridgehead atoms. The van der Waals surface area contributed by atoms with Gasteiger partial charge in [-0.1, -0.05) is 12.1 Å². The van der Waals surface area contributed by atoms with Crippen LogP contribution in [-0.4, -0.2) is 27.4 Å². The van der Waals surface area contributed by atoms with E-state index in [2.05, 4.69) is 28.2 Å². The van der Waals surface area contributed by atoms with Crippen molar-refractivity contribution in [2.24, 2.45) is 11.7 Å². The maximum atomic E-state index is 12.3. The molecule has 2 aromatic rings. The second-order valence-electron chi connectivity index (χ2n) is 10.8. The summed E-state index contributed by atoms with van der Waals surface area (Å²) in [6.45, 7) is 9.44. The molecule has 1 saturated carbocycles. The number of nitrogens with zero attached hydrogens (tertiary/aromatic N) is 2. The molecule has 0 saturated heterocycles. The van der Waals surface area contributed by atoms with Gasteiger partial charge in [0, 0.05) is 12.0 Å². The van der Waals surface area contributed by atoms with Gasteiger partial charge in [0.1, 0.15) is 11.3 Å². The number of nitrogens with two attached hydrogens (primary N) is 1. The van der Waals surface area contributed by atoms with Crippen molar-refractivity contribution in [3.8, 4) is 11.3 Å². The van der Waals surface area contributed by atoms with Gasteiger partial charge < -0.3 is 10.5 Å². The normalized spacial score (nSPS) is 22.3. The van der Waals surface area contributed by atoms with Gasteiger partial charge in [0.05, 0.1) is 17.1 Å². The van der Waals surface area contributed by atoms with Gasteiger partial charge >= 0.3 is 5.97 Å². The SMILES string of the molecule is Cc1nc(C)c(-c2ccc3c(c2)CCC32CCC(CC(=O)OC(C)(C)C)CC2)nc1C(N)=O. The Hall–Kier alpha value is -2.76. The Morgan fingerprint density at radius 2 is 1.79 bits per heavy atom. The Bertz CT molecular complexity index is 1090.